The van der Waals surface area contributed by atoms with E-state index >= 15 is 0 Å². The van der Waals surface area contributed by atoms with Crippen molar-refractivity contribution in [2.45, 2.75) is 13.8 Å². The summed E-state index contributed by atoms with van der Waals surface area (Å²) in [6.07, 6.45) is 1.48. The molecule has 18 heavy (non-hydrogen) atoms. The maximum absolute atomic E-state index is 13.8. The molecule has 1 aromatic heterocycles. The highest BCUT2D eigenvalue weighted by molar-refractivity contribution is 9.10. The van der Waals surface area contributed by atoms with E-state index < -0.39 is 11.4 Å². The minimum atomic E-state index is -0.641. The van der Waals surface area contributed by atoms with Crippen molar-refractivity contribution in [3.63, 3.8) is 0 Å². The summed E-state index contributed by atoms with van der Waals surface area (Å²) in [6.45, 7) is 3.40. The summed E-state index contributed by atoms with van der Waals surface area (Å²) in [4.78, 5) is 12.0. The fourth-order valence-corrected chi connectivity index (χ4v) is 1.80. The van der Waals surface area contributed by atoms with Gasteiger partial charge in [-0.25, -0.2) is 4.39 Å². The highest BCUT2D eigenvalue weighted by Crippen LogP contribution is 2.27. The van der Waals surface area contributed by atoms with Gasteiger partial charge in [-0.15, -0.1) is 0 Å². The number of hydrogen-bond acceptors (Lipinski definition) is 3. The fourth-order valence-electron chi connectivity index (χ4n) is 1.48. The van der Waals surface area contributed by atoms with E-state index in [2.05, 4.69) is 21.0 Å². The number of phenolic OH excluding ortho intramolecular Hbond substituents is 1. The van der Waals surface area contributed by atoms with E-state index in [1.807, 2.05) is 0 Å². The molecule has 0 bridgehead atoms. The van der Waals surface area contributed by atoms with Gasteiger partial charge in [0.25, 0.3) is 5.56 Å². The number of rotatable bonds is 1. The lowest BCUT2D eigenvalue weighted by molar-refractivity contribution is 0.468. The second-order valence-electron chi connectivity index (χ2n) is 3.92. The van der Waals surface area contributed by atoms with Crippen LogP contribution in [0.1, 0.15) is 11.1 Å². The molecule has 0 aliphatic heterocycles. The first-order valence-corrected chi connectivity index (χ1v) is 5.95. The van der Waals surface area contributed by atoms with Gasteiger partial charge in [-0.1, -0.05) is 0 Å². The Kier molecular flexibility index (Phi) is 3.21. The van der Waals surface area contributed by atoms with E-state index in [1.165, 1.54) is 6.20 Å². The average Bonchev–Trinajstić information content (AvgIpc) is 2.32. The van der Waals surface area contributed by atoms with E-state index in [-0.39, 0.29) is 15.9 Å². The van der Waals surface area contributed by atoms with Crippen LogP contribution in [0.2, 0.25) is 0 Å². The predicted molar refractivity (Wildman–Crippen MR) is 68.6 cm³/mol. The summed E-state index contributed by atoms with van der Waals surface area (Å²) in [5.74, 6) is -0.796. The highest BCUT2D eigenvalue weighted by Gasteiger charge is 2.13. The van der Waals surface area contributed by atoms with E-state index in [9.17, 15) is 14.3 Å². The van der Waals surface area contributed by atoms with Crippen LogP contribution in [0.25, 0.3) is 5.69 Å². The third-order valence-electron chi connectivity index (χ3n) is 2.72. The van der Waals surface area contributed by atoms with Crippen molar-refractivity contribution in [1.82, 2.24) is 9.78 Å². The Labute approximate surface area is 111 Å². The van der Waals surface area contributed by atoms with Crippen LogP contribution in [-0.2, 0) is 0 Å². The second kappa shape index (κ2) is 4.53. The van der Waals surface area contributed by atoms with Crippen molar-refractivity contribution < 1.29 is 9.50 Å². The molecular formula is C12H10BrFN2O2. The second-order valence-corrected chi connectivity index (χ2v) is 4.78. The van der Waals surface area contributed by atoms with Crippen molar-refractivity contribution in [2.24, 2.45) is 0 Å². The molecule has 4 nitrogen and oxygen atoms in total. The lowest BCUT2D eigenvalue weighted by Crippen LogP contribution is -2.24. The smallest absolute Gasteiger partial charge is 0.274 e. The van der Waals surface area contributed by atoms with Gasteiger partial charge in [-0.2, -0.15) is 9.78 Å². The molecule has 94 valence electrons. The van der Waals surface area contributed by atoms with Crippen molar-refractivity contribution in [3.8, 4) is 11.4 Å². The zero-order valence-electron chi connectivity index (χ0n) is 9.74. The summed E-state index contributed by atoms with van der Waals surface area (Å²) in [5.41, 5.74) is 0.740. The van der Waals surface area contributed by atoms with Crippen molar-refractivity contribution >= 4 is 15.9 Å². The molecule has 0 saturated carbocycles. The van der Waals surface area contributed by atoms with Crippen LogP contribution in [0.15, 0.2) is 27.6 Å². The van der Waals surface area contributed by atoms with Gasteiger partial charge in [0.05, 0.1) is 10.7 Å². The van der Waals surface area contributed by atoms with Gasteiger partial charge in [-0.3, -0.25) is 4.79 Å². The average molecular weight is 313 g/mol. The van der Waals surface area contributed by atoms with Gasteiger partial charge in [0.15, 0.2) is 0 Å². The Hall–Kier alpha value is -1.69. The molecule has 0 aliphatic carbocycles. The quantitative estimate of drug-likeness (QED) is 0.880. The van der Waals surface area contributed by atoms with Gasteiger partial charge >= 0.3 is 0 Å². The maximum Gasteiger partial charge on any atom is 0.274 e. The zero-order chi connectivity index (χ0) is 13.4. The van der Waals surface area contributed by atoms with Crippen LogP contribution in [0, 0.1) is 19.7 Å². The number of hydrogen-bond donors (Lipinski definition) is 1. The van der Waals surface area contributed by atoms with Crippen molar-refractivity contribution in [1.29, 1.82) is 0 Å². The Morgan fingerprint density at radius 2 is 2.06 bits per heavy atom. The summed E-state index contributed by atoms with van der Waals surface area (Å²) in [7, 11) is 0. The zero-order valence-corrected chi connectivity index (χ0v) is 11.3. The minimum absolute atomic E-state index is 0.0798. The number of phenols is 1. The van der Waals surface area contributed by atoms with Crippen LogP contribution >= 0.6 is 15.9 Å². The van der Waals surface area contributed by atoms with Crippen LogP contribution in [0.4, 0.5) is 4.39 Å². The maximum atomic E-state index is 13.8. The Bertz CT molecular complexity index is 683. The summed E-state index contributed by atoms with van der Waals surface area (Å²) in [6, 6.07) is 2.25. The van der Waals surface area contributed by atoms with Gasteiger partial charge < -0.3 is 5.11 Å². The third kappa shape index (κ3) is 2.03. The van der Waals surface area contributed by atoms with Crippen LogP contribution in [0.5, 0.6) is 5.75 Å². The molecule has 2 rings (SSSR count). The molecule has 1 N–H and O–H groups in total. The topological polar surface area (TPSA) is 55.1 Å². The van der Waals surface area contributed by atoms with Crippen LogP contribution < -0.4 is 5.56 Å². The first kappa shape index (κ1) is 12.8. The summed E-state index contributed by atoms with van der Waals surface area (Å²) < 4.78 is 14.9. The molecule has 0 radical (unpaired) electrons. The minimum Gasteiger partial charge on any atom is -0.507 e. The van der Waals surface area contributed by atoms with E-state index in [0.717, 1.165) is 22.4 Å². The molecule has 0 unspecified atom stereocenters. The van der Waals surface area contributed by atoms with Crippen LogP contribution in [0.3, 0.4) is 0 Å². The van der Waals surface area contributed by atoms with Crippen molar-refractivity contribution in [3.05, 3.63) is 50.1 Å². The number of aromatic hydroxyl groups is 1. The fraction of sp³-hybridized carbons (Fsp3) is 0.167. The third-order valence-corrected chi connectivity index (χ3v) is 3.35. The van der Waals surface area contributed by atoms with E-state index in [0.29, 0.717) is 5.56 Å². The molecule has 0 amide bonds. The first-order chi connectivity index (χ1) is 8.41. The molecule has 0 aliphatic rings. The van der Waals surface area contributed by atoms with Gasteiger partial charge in [-0.05, 0) is 41.4 Å². The predicted octanol–water partition coefficient (Wildman–Crippen LogP) is 2.46. The van der Waals surface area contributed by atoms with Crippen LogP contribution in [-0.4, -0.2) is 14.9 Å². The Balaban J connectivity index is 2.74. The van der Waals surface area contributed by atoms with Gasteiger partial charge in [0.1, 0.15) is 17.3 Å². The Morgan fingerprint density at radius 1 is 1.39 bits per heavy atom. The highest BCUT2D eigenvalue weighted by atomic mass is 79.9. The lowest BCUT2D eigenvalue weighted by Gasteiger charge is -2.09. The van der Waals surface area contributed by atoms with Gasteiger partial charge in [0, 0.05) is 11.6 Å². The monoisotopic (exact) mass is 312 g/mol. The normalized spacial score (nSPS) is 10.7. The number of nitrogens with zero attached hydrogens (tertiary/aromatic N) is 2. The summed E-state index contributed by atoms with van der Waals surface area (Å²) >= 11 is 3.00. The van der Waals surface area contributed by atoms with Crippen molar-refractivity contribution in [2.75, 3.05) is 0 Å². The molecular weight excluding hydrogens is 303 g/mol. The number of benzene rings is 1. The van der Waals surface area contributed by atoms with Gasteiger partial charge in [0.2, 0.25) is 0 Å². The Morgan fingerprint density at radius 3 is 2.72 bits per heavy atom. The van der Waals surface area contributed by atoms with E-state index in [1.54, 1.807) is 13.8 Å². The number of aromatic nitrogens is 2. The standard InChI is InChI=1S/C12H10BrFN2O2/c1-6-5-15-16(12(18)7(6)2)10-4-11(17)8(13)3-9(10)14/h3-5,17H,1-2H3. The molecule has 0 fully saturated rings. The lowest BCUT2D eigenvalue weighted by atomic mass is 10.2. The summed E-state index contributed by atoms with van der Waals surface area (Å²) in [5, 5.41) is 13.4. The largest absolute Gasteiger partial charge is 0.507 e. The number of aryl methyl sites for hydroxylation is 1. The molecule has 1 aromatic carbocycles. The SMILES string of the molecule is Cc1cnn(-c2cc(O)c(Br)cc2F)c(=O)c1C. The first-order valence-electron chi connectivity index (χ1n) is 5.15. The molecule has 0 spiro atoms. The van der Waals surface area contributed by atoms with E-state index in [4.69, 9.17) is 0 Å². The number of halogens is 2. The molecule has 0 saturated heterocycles. The molecule has 2 aromatic rings. The molecule has 1 heterocycles. The molecule has 6 heteroatoms. The molecule has 0 atom stereocenters.